The van der Waals surface area contributed by atoms with Crippen LogP contribution in [0.5, 0.6) is 0 Å². The van der Waals surface area contributed by atoms with Crippen LogP contribution in [-0.4, -0.2) is 38.5 Å². The first kappa shape index (κ1) is 16.6. The standard InChI is InChI=1S/C14H22O4/c1-6-14(15)18-13(9-16-7-11(2)3)10-17-8-12(4)5/h6,13H,1-2,4,7-10H2,3,5H3. The number of carbonyl (C=O) groups is 1. The summed E-state index contributed by atoms with van der Waals surface area (Å²) in [6, 6.07) is 0. The second kappa shape index (κ2) is 9.62. The summed E-state index contributed by atoms with van der Waals surface area (Å²) in [5.41, 5.74) is 1.82. The van der Waals surface area contributed by atoms with E-state index in [0.29, 0.717) is 13.2 Å². The van der Waals surface area contributed by atoms with Gasteiger partial charge in [-0.1, -0.05) is 30.9 Å². The molecule has 0 heterocycles. The number of esters is 1. The van der Waals surface area contributed by atoms with Crippen LogP contribution < -0.4 is 0 Å². The molecule has 0 radical (unpaired) electrons. The van der Waals surface area contributed by atoms with Crippen molar-refractivity contribution in [1.29, 1.82) is 0 Å². The molecular formula is C14H22O4. The second-order valence-corrected chi connectivity index (χ2v) is 4.21. The summed E-state index contributed by atoms with van der Waals surface area (Å²) in [4.78, 5) is 11.1. The van der Waals surface area contributed by atoms with E-state index >= 15 is 0 Å². The van der Waals surface area contributed by atoms with Gasteiger partial charge in [-0.3, -0.25) is 0 Å². The van der Waals surface area contributed by atoms with Gasteiger partial charge in [0.1, 0.15) is 6.10 Å². The molecule has 0 unspecified atom stereocenters. The zero-order valence-electron chi connectivity index (χ0n) is 11.2. The maximum atomic E-state index is 11.1. The quantitative estimate of drug-likeness (QED) is 0.341. The van der Waals surface area contributed by atoms with E-state index in [0.717, 1.165) is 17.2 Å². The van der Waals surface area contributed by atoms with E-state index in [1.807, 2.05) is 13.8 Å². The lowest BCUT2D eigenvalue weighted by Crippen LogP contribution is -2.28. The summed E-state index contributed by atoms with van der Waals surface area (Å²) in [7, 11) is 0. The molecule has 4 heteroatoms. The molecule has 0 bridgehead atoms. The number of ether oxygens (including phenoxy) is 3. The molecule has 18 heavy (non-hydrogen) atoms. The molecule has 0 rings (SSSR count). The Balaban J connectivity index is 4.06. The Labute approximate surface area is 109 Å². The van der Waals surface area contributed by atoms with E-state index in [2.05, 4.69) is 19.7 Å². The fraction of sp³-hybridized carbons (Fsp3) is 0.500. The molecule has 0 aromatic rings. The van der Waals surface area contributed by atoms with Crippen LogP contribution in [-0.2, 0) is 19.0 Å². The smallest absolute Gasteiger partial charge is 0.330 e. The van der Waals surface area contributed by atoms with Crippen molar-refractivity contribution in [2.24, 2.45) is 0 Å². The number of carbonyl (C=O) groups excluding carboxylic acids is 1. The minimum atomic E-state index is -0.488. The van der Waals surface area contributed by atoms with Crippen LogP contribution in [0.4, 0.5) is 0 Å². The van der Waals surface area contributed by atoms with E-state index in [-0.39, 0.29) is 13.2 Å². The first-order valence-electron chi connectivity index (χ1n) is 5.73. The minimum Gasteiger partial charge on any atom is -0.454 e. The molecule has 0 amide bonds. The van der Waals surface area contributed by atoms with Crippen molar-refractivity contribution >= 4 is 5.97 Å². The third kappa shape index (κ3) is 9.81. The predicted octanol–water partition coefficient (Wildman–Crippen LogP) is 2.27. The van der Waals surface area contributed by atoms with Crippen LogP contribution in [0.15, 0.2) is 37.0 Å². The van der Waals surface area contributed by atoms with Gasteiger partial charge in [0.05, 0.1) is 26.4 Å². The molecule has 0 saturated carbocycles. The average Bonchev–Trinajstić information content (AvgIpc) is 2.27. The van der Waals surface area contributed by atoms with Crippen molar-refractivity contribution in [1.82, 2.24) is 0 Å². The van der Waals surface area contributed by atoms with Gasteiger partial charge in [0.15, 0.2) is 0 Å². The summed E-state index contributed by atoms with van der Waals surface area (Å²) >= 11 is 0. The van der Waals surface area contributed by atoms with E-state index in [9.17, 15) is 4.79 Å². The van der Waals surface area contributed by atoms with Gasteiger partial charge in [-0.05, 0) is 13.8 Å². The van der Waals surface area contributed by atoms with Gasteiger partial charge >= 0.3 is 5.97 Å². The average molecular weight is 254 g/mol. The third-order valence-corrected chi connectivity index (χ3v) is 1.75. The predicted molar refractivity (Wildman–Crippen MR) is 71.3 cm³/mol. The molecule has 0 aromatic carbocycles. The minimum absolute atomic E-state index is 0.266. The van der Waals surface area contributed by atoms with Gasteiger partial charge in [0.25, 0.3) is 0 Å². The highest BCUT2D eigenvalue weighted by atomic mass is 16.6. The second-order valence-electron chi connectivity index (χ2n) is 4.21. The van der Waals surface area contributed by atoms with E-state index in [4.69, 9.17) is 14.2 Å². The molecule has 0 spiro atoms. The summed E-state index contributed by atoms with van der Waals surface area (Å²) in [5.74, 6) is -0.488. The maximum Gasteiger partial charge on any atom is 0.330 e. The highest BCUT2D eigenvalue weighted by Gasteiger charge is 2.13. The lowest BCUT2D eigenvalue weighted by molar-refractivity contribution is -0.149. The van der Waals surface area contributed by atoms with Crippen LogP contribution >= 0.6 is 0 Å². The van der Waals surface area contributed by atoms with Crippen LogP contribution in [0.3, 0.4) is 0 Å². The third-order valence-electron chi connectivity index (χ3n) is 1.75. The fourth-order valence-corrected chi connectivity index (χ4v) is 1.06. The van der Waals surface area contributed by atoms with Gasteiger partial charge in [-0.2, -0.15) is 0 Å². The van der Waals surface area contributed by atoms with Gasteiger partial charge in [0.2, 0.25) is 0 Å². The molecule has 4 nitrogen and oxygen atoms in total. The molecule has 0 N–H and O–H groups in total. The van der Waals surface area contributed by atoms with Crippen molar-refractivity contribution < 1.29 is 19.0 Å². The monoisotopic (exact) mass is 254 g/mol. The lowest BCUT2D eigenvalue weighted by Gasteiger charge is -2.17. The molecule has 102 valence electrons. The molecule has 0 aliphatic heterocycles. The van der Waals surface area contributed by atoms with Crippen molar-refractivity contribution in [3.8, 4) is 0 Å². The van der Waals surface area contributed by atoms with Gasteiger partial charge < -0.3 is 14.2 Å². The highest BCUT2D eigenvalue weighted by molar-refractivity contribution is 5.81. The summed E-state index contributed by atoms with van der Waals surface area (Å²) < 4.78 is 15.8. The van der Waals surface area contributed by atoms with Crippen molar-refractivity contribution in [3.63, 3.8) is 0 Å². The molecule has 0 saturated heterocycles. The Kier molecular flexibility index (Phi) is 8.88. The maximum absolute atomic E-state index is 11.1. The van der Waals surface area contributed by atoms with Crippen LogP contribution in [0, 0.1) is 0 Å². The molecule has 0 aliphatic rings. The van der Waals surface area contributed by atoms with Crippen molar-refractivity contribution in [2.45, 2.75) is 20.0 Å². The Morgan fingerprint density at radius 2 is 1.56 bits per heavy atom. The summed E-state index contributed by atoms with van der Waals surface area (Å²) in [6.07, 6.45) is 0.666. The Hall–Kier alpha value is -1.39. The molecule has 0 fully saturated rings. The Morgan fingerprint density at radius 1 is 1.11 bits per heavy atom. The Bertz CT molecular complexity index is 287. The number of hydrogen-bond donors (Lipinski definition) is 0. The van der Waals surface area contributed by atoms with Gasteiger partial charge in [0, 0.05) is 6.08 Å². The first-order chi connectivity index (χ1) is 8.45. The Morgan fingerprint density at radius 3 is 1.89 bits per heavy atom. The van der Waals surface area contributed by atoms with Crippen molar-refractivity contribution in [2.75, 3.05) is 26.4 Å². The van der Waals surface area contributed by atoms with Gasteiger partial charge in [-0.15, -0.1) is 0 Å². The fourth-order valence-electron chi connectivity index (χ4n) is 1.06. The molecule has 0 aromatic heterocycles. The molecule has 0 aliphatic carbocycles. The normalized spacial score (nSPS) is 10.2. The summed E-state index contributed by atoms with van der Waals surface area (Å²) in [6.45, 7) is 15.9. The van der Waals surface area contributed by atoms with Crippen LogP contribution in [0.25, 0.3) is 0 Å². The topological polar surface area (TPSA) is 44.8 Å². The summed E-state index contributed by atoms with van der Waals surface area (Å²) in [5, 5.41) is 0. The first-order valence-corrected chi connectivity index (χ1v) is 5.73. The molecular weight excluding hydrogens is 232 g/mol. The lowest BCUT2D eigenvalue weighted by atomic mass is 10.3. The van der Waals surface area contributed by atoms with Crippen molar-refractivity contribution in [3.05, 3.63) is 37.0 Å². The number of hydrogen-bond acceptors (Lipinski definition) is 4. The van der Waals surface area contributed by atoms with Gasteiger partial charge in [-0.25, -0.2) is 4.79 Å². The van der Waals surface area contributed by atoms with E-state index in [1.165, 1.54) is 0 Å². The van der Waals surface area contributed by atoms with Crippen LogP contribution in [0.1, 0.15) is 13.8 Å². The highest BCUT2D eigenvalue weighted by Crippen LogP contribution is 2.00. The number of rotatable bonds is 10. The largest absolute Gasteiger partial charge is 0.454 e. The SMILES string of the molecule is C=CC(=O)OC(COCC(=C)C)COCC(=C)C. The molecule has 0 atom stereocenters. The van der Waals surface area contributed by atoms with E-state index in [1.54, 1.807) is 0 Å². The van der Waals surface area contributed by atoms with Crippen LogP contribution in [0.2, 0.25) is 0 Å². The zero-order valence-corrected chi connectivity index (χ0v) is 11.2. The van der Waals surface area contributed by atoms with E-state index < -0.39 is 12.1 Å². The zero-order chi connectivity index (χ0) is 14.0.